The van der Waals surface area contributed by atoms with E-state index < -0.39 is 0 Å². The molecule has 0 aliphatic carbocycles. The molecule has 0 rings (SSSR count). The van der Waals surface area contributed by atoms with E-state index in [-0.39, 0.29) is 27.1 Å². The van der Waals surface area contributed by atoms with E-state index in [1.165, 1.54) is 32.6 Å². The first-order chi connectivity index (χ1) is 6.68. The molecule has 81 valence electrons. The zero-order chi connectivity index (χ0) is 11.2. The van der Waals surface area contributed by atoms with Crippen molar-refractivity contribution in [3.8, 4) is 0 Å². The van der Waals surface area contributed by atoms with Crippen LogP contribution in [0.2, 0.25) is 8.87 Å². The molecule has 5 radical (unpaired) electrons. The van der Waals surface area contributed by atoms with E-state index in [9.17, 15) is 4.79 Å². The average molecular weight is 411 g/mol. The van der Waals surface area contributed by atoms with Gasteiger partial charge in [-0.1, -0.05) is 0 Å². The van der Waals surface area contributed by atoms with Crippen molar-refractivity contribution in [3.63, 3.8) is 0 Å². The molecule has 0 amide bonds. The Morgan fingerprint density at radius 3 is 1.79 bits per heavy atom. The molecule has 0 aromatic rings. The van der Waals surface area contributed by atoms with Crippen LogP contribution in [-0.2, 0) is 7.87 Å². The molecule has 0 aliphatic heterocycles. The number of rotatable bonds is 6. The van der Waals surface area contributed by atoms with Crippen molar-refractivity contribution >= 4 is 50.1 Å². The predicted molar refractivity (Wildman–Crippen MR) is 62.7 cm³/mol. The molecule has 0 aromatic heterocycles. The van der Waals surface area contributed by atoms with Crippen molar-refractivity contribution in [1.29, 1.82) is 0 Å². The fraction of sp³-hybridized carbons (Fsp3) is 0.900. The minimum absolute atomic E-state index is 0.149. The van der Waals surface area contributed by atoms with Crippen LogP contribution in [0, 0.1) is 0 Å². The summed E-state index contributed by atoms with van der Waals surface area (Å²) < 4.78 is 7.45. The van der Waals surface area contributed by atoms with Crippen LogP contribution in [0.1, 0.15) is 46.5 Å². The quantitative estimate of drug-likeness (QED) is 0.497. The van der Waals surface area contributed by atoms with Crippen molar-refractivity contribution in [2.24, 2.45) is 0 Å². The Hall–Kier alpha value is 1.07. The first kappa shape index (κ1) is 17.5. The molecule has 0 saturated heterocycles. The van der Waals surface area contributed by atoms with Crippen molar-refractivity contribution in [1.82, 2.24) is 0 Å². The maximum atomic E-state index is 9.61. The van der Waals surface area contributed by atoms with Crippen molar-refractivity contribution in [2.75, 3.05) is 0 Å². The SMILES string of the molecule is CC(=O)[O][Sn].CCC[CH2][Sn][CH2]CCC. The summed E-state index contributed by atoms with van der Waals surface area (Å²) >= 11 is 0.964. The zero-order valence-electron chi connectivity index (χ0n) is 9.56. The molecule has 0 unspecified atom stereocenters. The summed E-state index contributed by atoms with van der Waals surface area (Å²) in [6.45, 7) is 5.97. The Morgan fingerprint density at radius 2 is 1.57 bits per heavy atom. The van der Waals surface area contributed by atoms with Gasteiger partial charge < -0.3 is 0 Å². The van der Waals surface area contributed by atoms with Gasteiger partial charge in [0.25, 0.3) is 0 Å². The van der Waals surface area contributed by atoms with Crippen LogP contribution in [0.25, 0.3) is 0 Å². The molecule has 0 aliphatic rings. The molecular weight excluding hydrogens is 390 g/mol. The number of carbonyl (C=O) groups is 1. The summed E-state index contributed by atoms with van der Waals surface area (Å²) in [5.41, 5.74) is 0. The molecular formula is C10H21O2Sn2. The third-order valence-corrected chi connectivity index (χ3v) is 6.41. The maximum absolute atomic E-state index is 9.61. The zero-order valence-corrected chi connectivity index (χ0v) is 15.3. The van der Waals surface area contributed by atoms with Crippen LogP contribution in [0.4, 0.5) is 0 Å². The van der Waals surface area contributed by atoms with E-state index in [1.807, 2.05) is 0 Å². The average Bonchev–Trinajstić information content (AvgIpc) is 2.19. The van der Waals surface area contributed by atoms with Crippen LogP contribution in [0.5, 0.6) is 0 Å². The van der Waals surface area contributed by atoms with E-state index in [0.717, 1.165) is 22.9 Å². The van der Waals surface area contributed by atoms with Gasteiger partial charge in [0, 0.05) is 0 Å². The van der Waals surface area contributed by atoms with E-state index in [2.05, 4.69) is 16.9 Å². The van der Waals surface area contributed by atoms with Gasteiger partial charge in [-0.15, -0.1) is 0 Å². The number of carbonyl (C=O) groups excluding carboxylic acids is 1. The fourth-order valence-electron chi connectivity index (χ4n) is 0.729. The van der Waals surface area contributed by atoms with Gasteiger partial charge in [-0.3, -0.25) is 0 Å². The molecule has 0 fully saturated rings. The Labute approximate surface area is 112 Å². The van der Waals surface area contributed by atoms with Gasteiger partial charge in [-0.05, 0) is 0 Å². The standard InChI is InChI=1S/2C4H9.C2H4O2.2Sn/c2*1-3-4-2;1-2(3)4;;/h2*1,3-4H2,2H3;1H3,(H,3,4);;/q;;;;+1/p-1. The van der Waals surface area contributed by atoms with Gasteiger partial charge in [0.1, 0.15) is 0 Å². The summed E-state index contributed by atoms with van der Waals surface area (Å²) in [6.07, 6.45) is 5.84. The molecule has 0 spiro atoms. The van der Waals surface area contributed by atoms with Crippen LogP contribution >= 0.6 is 0 Å². The van der Waals surface area contributed by atoms with Crippen molar-refractivity contribution in [2.45, 2.75) is 55.3 Å². The molecule has 0 heterocycles. The summed E-state index contributed by atoms with van der Waals surface area (Å²) in [6, 6.07) is 0. The second-order valence-corrected chi connectivity index (χ2v) is 7.91. The molecule has 14 heavy (non-hydrogen) atoms. The molecule has 2 nitrogen and oxygen atoms in total. The molecule has 0 N–H and O–H groups in total. The number of unbranched alkanes of at least 4 members (excludes halogenated alkanes) is 2. The van der Waals surface area contributed by atoms with Crippen LogP contribution in [0.3, 0.4) is 0 Å². The monoisotopic (exact) mass is 413 g/mol. The second-order valence-electron chi connectivity index (χ2n) is 3.05. The fourth-order valence-corrected chi connectivity index (χ4v) is 4.89. The molecule has 0 saturated carbocycles. The van der Waals surface area contributed by atoms with Gasteiger partial charge in [0.15, 0.2) is 0 Å². The van der Waals surface area contributed by atoms with Gasteiger partial charge in [0.2, 0.25) is 0 Å². The van der Waals surface area contributed by atoms with Gasteiger partial charge in [0.05, 0.1) is 0 Å². The van der Waals surface area contributed by atoms with Crippen molar-refractivity contribution < 1.29 is 7.87 Å². The first-order valence-corrected chi connectivity index (χ1v) is 10.4. The third-order valence-electron chi connectivity index (χ3n) is 1.56. The Kier molecular flexibility index (Phi) is 20.6. The van der Waals surface area contributed by atoms with Gasteiger partial charge in [-0.25, -0.2) is 0 Å². The van der Waals surface area contributed by atoms with E-state index in [0.29, 0.717) is 0 Å². The summed E-state index contributed by atoms with van der Waals surface area (Å²) in [5, 5.41) is 0. The molecule has 0 atom stereocenters. The van der Waals surface area contributed by atoms with E-state index in [4.69, 9.17) is 0 Å². The van der Waals surface area contributed by atoms with Crippen LogP contribution in [0.15, 0.2) is 0 Å². The summed E-state index contributed by atoms with van der Waals surface area (Å²) in [7, 11) is 0. The van der Waals surface area contributed by atoms with Crippen molar-refractivity contribution in [3.05, 3.63) is 0 Å². The normalized spacial score (nSPS) is 8.86. The second kappa shape index (κ2) is 16.5. The van der Waals surface area contributed by atoms with E-state index in [1.54, 1.807) is 8.87 Å². The predicted octanol–water partition coefficient (Wildman–Crippen LogP) is 2.76. The Morgan fingerprint density at radius 1 is 1.21 bits per heavy atom. The molecule has 0 aromatic carbocycles. The van der Waals surface area contributed by atoms with Crippen LogP contribution in [-0.4, -0.2) is 50.1 Å². The summed E-state index contributed by atoms with van der Waals surface area (Å²) in [4.78, 5) is 9.61. The summed E-state index contributed by atoms with van der Waals surface area (Å²) in [5.74, 6) is -0.205. The minimum atomic E-state index is -0.205. The van der Waals surface area contributed by atoms with Gasteiger partial charge >= 0.3 is 113 Å². The molecule has 4 heteroatoms. The number of hydrogen-bond donors (Lipinski definition) is 0. The van der Waals surface area contributed by atoms with Crippen LogP contribution < -0.4 is 0 Å². The topological polar surface area (TPSA) is 26.3 Å². The van der Waals surface area contributed by atoms with Gasteiger partial charge in [-0.2, -0.15) is 0 Å². The molecule has 0 bridgehead atoms. The number of hydrogen-bond acceptors (Lipinski definition) is 2. The first-order valence-electron chi connectivity index (χ1n) is 5.23. The Balaban J connectivity index is 0. The Bertz CT molecular complexity index is 113. The third kappa shape index (κ3) is 23.1. The van der Waals surface area contributed by atoms with E-state index >= 15 is 0 Å².